The van der Waals surface area contributed by atoms with Crippen molar-refractivity contribution >= 4 is 17.6 Å². The van der Waals surface area contributed by atoms with Crippen LogP contribution in [0.3, 0.4) is 0 Å². The Balaban J connectivity index is 1.79. The lowest BCUT2D eigenvalue weighted by molar-refractivity contribution is 0.0696. The Morgan fingerprint density at radius 2 is 1.96 bits per heavy atom. The highest BCUT2D eigenvalue weighted by molar-refractivity contribution is 5.87. The molecule has 8 nitrogen and oxygen atoms in total. The van der Waals surface area contributed by atoms with Gasteiger partial charge in [-0.05, 0) is 24.3 Å². The van der Waals surface area contributed by atoms with Crippen LogP contribution >= 0.6 is 0 Å². The monoisotopic (exact) mass is 339 g/mol. The number of rotatable bonds is 3. The molecule has 0 unspecified atom stereocenters. The summed E-state index contributed by atoms with van der Waals surface area (Å²) in [7, 11) is 0. The van der Waals surface area contributed by atoms with Gasteiger partial charge >= 0.3 is 5.97 Å². The summed E-state index contributed by atoms with van der Waals surface area (Å²) in [6.07, 6.45) is 2.27. The number of hydrogen-bond donors (Lipinski definition) is 2. The fourth-order valence-corrected chi connectivity index (χ4v) is 2.83. The number of nitrogens with zero attached hydrogens (tertiary/aromatic N) is 5. The number of hydrogen-bond acceptors (Lipinski definition) is 7. The highest BCUT2D eigenvalue weighted by Gasteiger charge is 2.24. The van der Waals surface area contributed by atoms with Crippen molar-refractivity contribution in [2.24, 2.45) is 0 Å². The van der Waals surface area contributed by atoms with E-state index in [0.29, 0.717) is 43.4 Å². The van der Waals surface area contributed by atoms with Crippen LogP contribution in [0.1, 0.15) is 15.9 Å². The number of aromatic carboxylic acids is 1. The lowest BCUT2D eigenvalue weighted by Crippen LogP contribution is -2.34. The van der Waals surface area contributed by atoms with Crippen LogP contribution in [0.4, 0.5) is 11.6 Å². The minimum Gasteiger partial charge on any atom is -0.478 e. The highest BCUT2D eigenvalue weighted by atomic mass is 16.4. The third-order valence-corrected chi connectivity index (χ3v) is 4.03. The SMILES string of the molecule is N#Cc1cccnc1N1CCN(c2ccc(C(=O)O)cn2)C[C@@H](O)C1. The molecule has 1 atom stereocenters. The van der Waals surface area contributed by atoms with Crippen molar-refractivity contribution < 1.29 is 15.0 Å². The third-order valence-electron chi connectivity index (χ3n) is 4.03. The number of anilines is 2. The van der Waals surface area contributed by atoms with Gasteiger partial charge in [0.05, 0.1) is 17.2 Å². The van der Waals surface area contributed by atoms with E-state index < -0.39 is 12.1 Å². The minimum absolute atomic E-state index is 0.118. The maximum absolute atomic E-state index is 10.9. The molecule has 0 aromatic carbocycles. The van der Waals surface area contributed by atoms with E-state index >= 15 is 0 Å². The van der Waals surface area contributed by atoms with Gasteiger partial charge in [0.2, 0.25) is 0 Å². The molecular weight excluding hydrogens is 322 g/mol. The smallest absolute Gasteiger partial charge is 0.337 e. The van der Waals surface area contributed by atoms with E-state index in [4.69, 9.17) is 5.11 Å². The molecule has 25 heavy (non-hydrogen) atoms. The van der Waals surface area contributed by atoms with Crippen molar-refractivity contribution in [2.45, 2.75) is 6.10 Å². The first-order valence-electron chi connectivity index (χ1n) is 7.81. The molecule has 0 spiro atoms. The van der Waals surface area contributed by atoms with Gasteiger partial charge in [-0.2, -0.15) is 5.26 Å². The van der Waals surface area contributed by atoms with Crippen molar-refractivity contribution in [1.29, 1.82) is 5.26 Å². The predicted molar refractivity (Wildman–Crippen MR) is 90.6 cm³/mol. The van der Waals surface area contributed by atoms with Crippen LogP contribution in [0.15, 0.2) is 36.7 Å². The average molecular weight is 339 g/mol. The van der Waals surface area contributed by atoms with Crippen LogP contribution < -0.4 is 9.80 Å². The molecule has 3 rings (SSSR count). The van der Waals surface area contributed by atoms with Gasteiger partial charge in [0.25, 0.3) is 0 Å². The van der Waals surface area contributed by atoms with Gasteiger partial charge < -0.3 is 20.0 Å². The largest absolute Gasteiger partial charge is 0.478 e. The molecule has 0 aliphatic carbocycles. The van der Waals surface area contributed by atoms with Gasteiger partial charge in [-0.15, -0.1) is 0 Å². The van der Waals surface area contributed by atoms with E-state index in [1.807, 2.05) is 9.80 Å². The second kappa shape index (κ2) is 7.15. The van der Waals surface area contributed by atoms with Gasteiger partial charge in [0.1, 0.15) is 17.7 Å². The fourth-order valence-electron chi connectivity index (χ4n) is 2.83. The summed E-state index contributed by atoms with van der Waals surface area (Å²) in [5, 5.41) is 28.5. The summed E-state index contributed by atoms with van der Waals surface area (Å²) in [6, 6.07) is 8.65. The first kappa shape index (κ1) is 16.7. The Morgan fingerprint density at radius 1 is 1.20 bits per heavy atom. The molecule has 0 radical (unpaired) electrons. The Hall–Kier alpha value is -3.18. The third kappa shape index (κ3) is 3.67. The Kier molecular flexibility index (Phi) is 4.77. The molecule has 1 fully saturated rings. The number of aliphatic hydroxyl groups is 1. The van der Waals surface area contributed by atoms with Crippen molar-refractivity contribution in [3.05, 3.63) is 47.8 Å². The average Bonchev–Trinajstić information content (AvgIpc) is 2.83. The molecule has 1 aliphatic rings. The summed E-state index contributed by atoms with van der Waals surface area (Å²) in [5.41, 5.74) is 0.583. The van der Waals surface area contributed by atoms with Crippen LogP contribution in [-0.4, -0.2) is 58.4 Å². The summed E-state index contributed by atoms with van der Waals surface area (Å²) in [4.78, 5) is 23.1. The number of pyridine rings is 2. The number of carboxylic acid groups (broad SMARTS) is 1. The Labute approximate surface area is 144 Å². The Bertz CT molecular complexity index is 803. The normalized spacial score (nSPS) is 17.7. The molecule has 2 aromatic heterocycles. The van der Waals surface area contributed by atoms with Crippen molar-refractivity contribution in [2.75, 3.05) is 36.0 Å². The molecule has 0 bridgehead atoms. The fraction of sp³-hybridized carbons (Fsp3) is 0.294. The Morgan fingerprint density at radius 3 is 2.64 bits per heavy atom. The quantitative estimate of drug-likeness (QED) is 0.841. The van der Waals surface area contributed by atoms with Crippen LogP contribution in [-0.2, 0) is 0 Å². The molecule has 3 heterocycles. The second-order valence-corrected chi connectivity index (χ2v) is 5.74. The highest BCUT2D eigenvalue weighted by Crippen LogP contribution is 2.20. The summed E-state index contributed by atoms with van der Waals surface area (Å²) >= 11 is 0. The van der Waals surface area contributed by atoms with Gasteiger partial charge in [0, 0.05) is 38.6 Å². The maximum Gasteiger partial charge on any atom is 0.337 e. The van der Waals surface area contributed by atoms with Gasteiger partial charge in [0.15, 0.2) is 0 Å². The van der Waals surface area contributed by atoms with Gasteiger partial charge in [-0.1, -0.05) is 0 Å². The van der Waals surface area contributed by atoms with E-state index in [-0.39, 0.29) is 5.56 Å². The second-order valence-electron chi connectivity index (χ2n) is 5.74. The minimum atomic E-state index is -1.03. The molecule has 1 aliphatic heterocycles. The molecular formula is C17H17N5O3. The molecule has 1 saturated heterocycles. The van der Waals surface area contributed by atoms with Crippen LogP contribution in [0.2, 0.25) is 0 Å². The van der Waals surface area contributed by atoms with E-state index in [9.17, 15) is 15.2 Å². The van der Waals surface area contributed by atoms with Crippen LogP contribution in [0, 0.1) is 11.3 Å². The first-order chi connectivity index (χ1) is 12.1. The van der Waals surface area contributed by atoms with E-state index in [2.05, 4.69) is 16.0 Å². The lowest BCUT2D eigenvalue weighted by atomic mass is 10.2. The zero-order chi connectivity index (χ0) is 17.8. The molecule has 0 amide bonds. The predicted octanol–water partition coefficient (Wildman–Crippen LogP) is 0.734. The number of aromatic nitrogens is 2. The van der Waals surface area contributed by atoms with Crippen molar-refractivity contribution in [3.8, 4) is 6.07 Å². The molecule has 0 saturated carbocycles. The zero-order valence-electron chi connectivity index (χ0n) is 13.4. The number of β-amino-alcohol motifs (C(OH)–C–C–N with tert-alkyl or cyclic N) is 1. The van der Waals surface area contributed by atoms with E-state index in [0.717, 1.165) is 0 Å². The number of nitriles is 1. The molecule has 128 valence electrons. The van der Waals surface area contributed by atoms with E-state index in [1.165, 1.54) is 12.3 Å². The number of aliphatic hydroxyl groups excluding tert-OH is 1. The van der Waals surface area contributed by atoms with E-state index in [1.54, 1.807) is 24.4 Å². The molecule has 8 heteroatoms. The zero-order valence-corrected chi connectivity index (χ0v) is 13.4. The maximum atomic E-state index is 10.9. The number of carboxylic acids is 1. The molecule has 2 aromatic rings. The standard InChI is InChI=1S/C17H17N5O3/c18-8-12-2-1-5-19-16(12)22-7-6-21(10-14(23)11-22)15-4-3-13(9-20-15)17(24)25/h1-5,9,14,23H,6-7,10-11H2,(H,24,25)/t14-/m1/s1. The van der Waals surface area contributed by atoms with Crippen molar-refractivity contribution in [3.63, 3.8) is 0 Å². The molecule has 2 N–H and O–H groups in total. The van der Waals surface area contributed by atoms with Gasteiger partial charge in [-0.3, -0.25) is 0 Å². The topological polar surface area (TPSA) is 114 Å². The lowest BCUT2D eigenvalue weighted by Gasteiger charge is -2.23. The first-order valence-corrected chi connectivity index (χ1v) is 7.81. The summed E-state index contributed by atoms with van der Waals surface area (Å²) in [5.74, 6) is 0.132. The van der Waals surface area contributed by atoms with Crippen LogP contribution in [0.25, 0.3) is 0 Å². The summed E-state index contributed by atoms with van der Waals surface area (Å²) in [6.45, 7) is 1.85. The van der Waals surface area contributed by atoms with Crippen molar-refractivity contribution in [1.82, 2.24) is 9.97 Å². The van der Waals surface area contributed by atoms with Gasteiger partial charge in [-0.25, -0.2) is 14.8 Å². The van der Waals surface area contributed by atoms with Crippen LogP contribution in [0.5, 0.6) is 0 Å². The summed E-state index contributed by atoms with van der Waals surface area (Å²) < 4.78 is 0. The number of carbonyl (C=O) groups is 1.